The Hall–Kier alpha value is -2.40. The maximum Gasteiger partial charge on any atom is 0.253 e. The molecule has 0 bridgehead atoms. The van der Waals surface area contributed by atoms with Gasteiger partial charge in [-0.3, -0.25) is 14.6 Å². The molecule has 1 aliphatic heterocycles. The molecular weight excluding hydrogens is 350 g/mol. The van der Waals surface area contributed by atoms with Crippen LogP contribution >= 0.6 is 11.6 Å². The van der Waals surface area contributed by atoms with E-state index >= 15 is 0 Å². The monoisotopic (exact) mass is 371 g/mol. The molecule has 1 aromatic carbocycles. The third-order valence-electron chi connectivity index (χ3n) is 4.81. The number of aromatic nitrogens is 1. The van der Waals surface area contributed by atoms with E-state index in [9.17, 15) is 9.59 Å². The molecule has 136 valence electrons. The number of nitrogens with zero attached hydrogens (tertiary/aromatic N) is 2. The zero-order chi connectivity index (χ0) is 18.5. The van der Waals surface area contributed by atoms with Crippen LogP contribution in [0.25, 0.3) is 0 Å². The molecule has 1 N–H and O–H groups in total. The molecule has 0 spiro atoms. The predicted molar refractivity (Wildman–Crippen MR) is 101 cm³/mol. The Morgan fingerprint density at radius 2 is 1.73 bits per heavy atom. The Bertz CT molecular complexity index is 756. The summed E-state index contributed by atoms with van der Waals surface area (Å²) < 4.78 is 0. The van der Waals surface area contributed by atoms with E-state index in [0.717, 1.165) is 5.56 Å². The highest BCUT2D eigenvalue weighted by molar-refractivity contribution is 6.30. The molecule has 0 aliphatic carbocycles. The van der Waals surface area contributed by atoms with Gasteiger partial charge in [-0.25, -0.2) is 0 Å². The van der Waals surface area contributed by atoms with Crippen molar-refractivity contribution in [3.05, 3.63) is 64.9 Å². The molecule has 1 atom stereocenters. The number of hydrogen-bond acceptors (Lipinski definition) is 3. The maximum atomic E-state index is 12.5. The summed E-state index contributed by atoms with van der Waals surface area (Å²) in [6.45, 7) is 3.14. The number of halogens is 1. The number of amides is 2. The number of carbonyl (C=O) groups excluding carboxylic acids is 2. The molecule has 3 rings (SSSR count). The molecule has 0 saturated carbocycles. The van der Waals surface area contributed by atoms with Crippen LogP contribution in [0.1, 0.15) is 41.7 Å². The van der Waals surface area contributed by atoms with Gasteiger partial charge in [0, 0.05) is 42.0 Å². The van der Waals surface area contributed by atoms with Gasteiger partial charge in [0.2, 0.25) is 5.91 Å². The second-order valence-electron chi connectivity index (χ2n) is 6.58. The first-order valence-corrected chi connectivity index (χ1v) is 9.17. The van der Waals surface area contributed by atoms with Crippen LogP contribution in [0.2, 0.25) is 5.02 Å². The second kappa shape index (κ2) is 8.32. The molecule has 6 heteroatoms. The Labute approximate surface area is 158 Å². The standard InChI is InChI=1S/C20H22ClN3O2/c1-14(15-6-10-22-11-7-15)23-19(25)16-8-12-24(13-9-16)20(26)17-2-4-18(21)5-3-17/h2-7,10-11,14,16H,8-9,12-13H2,1H3,(H,23,25). The summed E-state index contributed by atoms with van der Waals surface area (Å²) in [7, 11) is 0. The highest BCUT2D eigenvalue weighted by Gasteiger charge is 2.28. The number of pyridine rings is 1. The lowest BCUT2D eigenvalue weighted by Gasteiger charge is -2.32. The van der Waals surface area contributed by atoms with Crippen LogP contribution in [0.4, 0.5) is 0 Å². The van der Waals surface area contributed by atoms with E-state index in [2.05, 4.69) is 10.3 Å². The zero-order valence-electron chi connectivity index (χ0n) is 14.7. The number of likely N-dealkylation sites (tertiary alicyclic amines) is 1. The van der Waals surface area contributed by atoms with Crippen LogP contribution in [-0.2, 0) is 4.79 Å². The number of rotatable bonds is 4. The van der Waals surface area contributed by atoms with Gasteiger partial charge in [-0.15, -0.1) is 0 Å². The average Bonchev–Trinajstić information content (AvgIpc) is 2.69. The normalized spacial score (nSPS) is 16.2. The van der Waals surface area contributed by atoms with Crippen molar-refractivity contribution in [3.8, 4) is 0 Å². The van der Waals surface area contributed by atoms with Crippen LogP contribution in [-0.4, -0.2) is 34.8 Å². The minimum Gasteiger partial charge on any atom is -0.349 e. The maximum absolute atomic E-state index is 12.5. The van der Waals surface area contributed by atoms with Crippen LogP contribution in [0.3, 0.4) is 0 Å². The average molecular weight is 372 g/mol. The van der Waals surface area contributed by atoms with E-state index in [0.29, 0.717) is 36.5 Å². The van der Waals surface area contributed by atoms with Gasteiger partial charge in [0.1, 0.15) is 0 Å². The van der Waals surface area contributed by atoms with Gasteiger partial charge >= 0.3 is 0 Å². The molecule has 5 nitrogen and oxygen atoms in total. The topological polar surface area (TPSA) is 62.3 Å². The summed E-state index contributed by atoms with van der Waals surface area (Å²) in [5.74, 6) is -0.0212. The molecular formula is C20H22ClN3O2. The lowest BCUT2D eigenvalue weighted by molar-refractivity contribution is -0.126. The molecule has 0 radical (unpaired) electrons. The van der Waals surface area contributed by atoms with Crippen molar-refractivity contribution in [1.29, 1.82) is 0 Å². The van der Waals surface area contributed by atoms with Crippen molar-refractivity contribution in [2.45, 2.75) is 25.8 Å². The third kappa shape index (κ3) is 4.41. The first-order valence-electron chi connectivity index (χ1n) is 8.79. The SMILES string of the molecule is CC(NC(=O)C1CCN(C(=O)c2ccc(Cl)cc2)CC1)c1ccncc1. The quantitative estimate of drug-likeness (QED) is 0.895. The third-order valence-corrected chi connectivity index (χ3v) is 5.06. The second-order valence-corrected chi connectivity index (χ2v) is 7.02. The van der Waals surface area contributed by atoms with Gasteiger partial charge in [0.15, 0.2) is 0 Å². The first-order chi connectivity index (χ1) is 12.5. The highest BCUT2D eigenvalue weighted by Crippen LogP contribution is 2.21. The minimum atomic E-state index is -0.0615. The summed E-state index contributed by atoms with van der Waals surface area (Å²) >= 11 is 5.87. The number of carbonyl (C=O) groups is 2. The predicted octanol–water partition coefficient (Wildman–Crippen LogP) is 3.46. The largest absolute Gasteiger partial charge is 0.349 e. The number of hydrogen-bond donors (Lipinski definition) is 1. The van der Waals surface area contributed by atoms with Gasteiger partial charge in [0.05, 0.1) is 6.04 Å². The molecule has 2 heterocycles. The molecule has 1 saturated heterocycles. The fraction of sp³-hybridized carbons (Fsp3) is 0.350. The molecule has 2 aromatic rings. The number of nitrogens with one attached hydrogen (secondary N) is 1. The molecule has 26 heavy (non-hydrogen) atoms. The van der Waals surface area contributed by atoms with E-state index in [1.807, 2.05) is 19.1 Å². The Morgan fingerprint density at radius 1 is 1.12 bits per heavy atom. The molecule has 1 aliphatic rings. The Kier molecular flexibility index (Phi) is 5.89. The van der Waals surface area contributed by atoms with Crippen LogP contribution in [0, 0.1) is 5.92 Å². The first kappa shape index (κ1) is 18.4. The minimum absolute atomic E-state index is 0.00863. The molecule has 1 aromatic heterocycles. The van der Waals surface area contributed by atoms with Crippen LogP contribution < -0.4 is 5.32 Å². The van der Waals surface area contributed by atoms with Gasteiger partial charge in [-0.05, 0) is 61.7 Å². The van der Waals surface area contributed by atoms with Crippen molar-refractivity contribution < 1.29 is 9.59 Å². The molecule has 2 amide bonds. The smallest absolute Gasteiger partial charge is 0.253 e. The summed E-state index contributed by atoms with van der Waals surface area (Å²) in [5, 5.41) is 3.67. The van der Waals surface area contributed by atoms with Gasteiger partial charge in [-0.1, -0.05) is 11.6 Å². The van der Waals surface area contributed by atoms with Crippen LogP contribution in [0.15, 0.2) is 48.8 Å². The van der Waals surface area contributed by atoms with Gasteiger partial charge < -0.3 is 10.2 Å². The summed E-state index contributed by atoms with van der Waals surface area (Å²) in [6.07, 6.45) is 4.79. The van der Waals surface area contributed by atoms with E-state index in [1.165, 1.54) is 0 Å². The Morgan fingerprint density at radius 3 is 2.35 bits per heavy atom. The van der Waals surface area contributed by atoms with Crippen molar-refractivity contribution in [1.82, 2.24) is 15.2 Å². The summed E-state index contributed by atoms with van der Waals surface area (Å²) in [5.41, 5.74) is 1.66. The van der Waals surface area contributed by atoms with Crippen molar-refractivity contribution in [2.75, 3.05) is 13.1 Å². The fourth-order valence-corrected chi connectivity index (χ4v) is 3.31. The van der Waals surface area contributed by atoms with Gasteiger partial charge in [0.25, 0.3) is 5.91 Å². The van der Waals surface area contributed by atoms with E-state index in [4.69, 9.17) is 11.6 Å². The lowest BCUT2D eigenvalue weighted by Crippen LogP contribution is -2.43. The van der Waals surface area contributed by atoms with Crippen molar-refractivity contribution in [3.63, 3.8) is 0 Å². The fourth-order valence-electron chi connectivity index (χ4n) is 3.19. The number of piperidine rings is 1. The zero-order valence-corrected chi connectivity index (χ0v) is 15.4. The van der Waals surface area contributed by atoms with E-state index in [-0.39, 0.29) is 23.8 Å². The van der Waals surface area contributed by atoms with E-state index < -0.39 is 0 Å². The van der Waals surface area contributed by atoms with Crippen molar-refractivity contribution in [2.24, 2.45) is 5.92 Å². The lowest BCUT2D eigenvalue weighted by atomic mass is 9.94. The van der Waals surface area contributed by atoms with Crippen molar-refractivity contribution >= 4 is 23.4 Å². The summed E-state index contributed by atoms with van der Waals surface area (Å²) in [4.78, 5) is 30.8. The van der Waals surface area contributed by atoms with E-state index in [1.54, 1.807) is 41.6 Å². The number of benzene rings is 1. The summed E-state index contributed by atoms with van der Waals surface area (Å²) in [6, 6.07) is 10.7. The molecule has 1 fully saturated rings. The Balaban J connectivity index is 1.52. The van der Waals surface area contributed by atoms with Crippen LogP contribution in [0.5, 0.6) is 0 Å². The van der Waals surface area contributed by atoms with Gasteiger partial charge in [-0.2, -0.15) is 0 Å². The molecule has 1 unspecified atom stereocenters. The highest BCUT2D eigenvalue weighted by atomic mass is 35.5.